The van der Waals surface area contributed by atoms with Gasteiger partial charge in [-0.15, -0.1) is 11.3 Å². The molecule has 0 spiro atoms. The van der Waals surface area contributed by atoms with Crippen LogP contribution in [0.2, 0.25) is 0 Å². The van der Waals surface area contributed by atoms with Crippen molar-refractivity contribution in [2.75, 3.05) is 5.32 Å². The number of carbonyl (C=O) groups excluding carboxylic acids is 1. The van der Waals surface area contributed by atoms with Gasteiger partial charge in [-0.2, -0.15) is 0 Å². The normalized spacial score (nSPS) is 20.2. The summed E-state index contributed by atoms with van der Waals surface area (Å²) in [6.45, 7) is 0. The molecule has 1 aliphatic carbocycles. The number of nitrogens with one attached hydrogen (secondary N) is 2. The van der Waals surface area contributed by atoms with E-state index in [1.807, 2.05) is 30.4 Å². The smallest absolute Gasteiger partial charge is 0.256 e. The lowest BCUT2D eigenvalue weighted by molar-refractivity contribution is 0.0943. The molecule has 2 N–H and O–H groups in total. The van der Waals surface area contributed by atoms with Crippen molar-refractivity contribution >= 4 is 28.3 Å². The molecule has 0 saturated carbocycles. The van der Waals surface area contributed by atoms with E-state index < -0.39 is 0 Å². The van der Waals surface area contributed by atoms with Gasteiger partial charge in [-0.05, 0) is 42.9 Å². The van der Waals surface area contributed by atoms with E-state index >= 15 is 0 Å². The van der Waals surface area contributed by atoms with Gasteiger partial charge in [0.2, 0.25) is 0 Å². The first-order valence-corrected chi connectivity index (χ1v) is 8.58. The zero-order valence-electron chi connectivity index (χ0n) is 12.3. The maximum atomic E-state index is 12.5. The third-order valence-corrected chi connectivity index (χ3v) is 5.48. The van der Waals surface area contributed by atoms with Gasteiger partial charge in [0, 0.05) is 4.88 Å². The van der Waals surface area contributed by atoms with Crippen molar-refractivity contribution in [2.24, 2.45) is 0 Å². The summed E-state index contributed by atoms with van der Waals surface area (Å²) in [4.78, 5) is 13.9. The first-order chi connectivity index (χ1) is 10.8. The van der Waals surface area contributed by atoms with Crippen LogP contribution in [0.15, 0.2) is 36.4 Å². The van der Waals surface area contributed by atoms with Gasteiger partial charge < -0.3 is 10.6 Å². The highest BCUT2D eigenvalue weighted by atomic mass is 32.1. The molecule has 3 nitrogen and oxygen atoms in total. The number of thiophene rings is 1. The van der Waals surface area contributed by atoms with Gasteiger partial charge in [-0.1, -0.05) is 36.4 Å². The highest BCUT2D eigenvalue weighted by Gasteiger charge is 2.30. The van der Waals surface area contributed by atoms with Crippen LogP contribution in [-0.4, -0.2) is 12.1 Å². The van der Waals surface area contributed by atoms with Crippen LogP contribution in [0, 0.1) is 0 Å². The van der Waals surface area contributed by atoms with Gasteiger partial charge in [0.1, 0.15) is 11.2 Å². The third-order valence-electron chi connectivity index (χ3n) is 4.25. The Bertz CT molecular complexity index is 733. The number of fused-ring (bicyclic) bond motifs is 3. The molecule has 4 heteroatoms. The highest BCUT2D eigenvalue weighted by molar-refractivity contribution is 7.16. The summed E-state index contributed by atoms with van der Waals surface area (Å²) in [5.74, 6) is 0.0656. The van der Waals surface area contributed by atoms with Gasteiger partial charge in [0.25, 0.3) is 5.91 Å². The Morgan fingerprint density at radius 3 is 2.77 bits per heavy atom. The van der Waals surface area contributed by atoms with Crippen LogP contribution < -0.4 is 10.6 Å². The Hall–Kier alpha value is -2.07. The maximum Gasteiger partial charge on any atom is 0.256 e. The lowest BCUT2D eigenvalue weighted by Gasteiger charge is -2.24. The van der Waals surface area contributed by atoms with Crippen LogP contribution in [0.5, 0.6) is 0 Å². The number of carbonyl (C=O) groups is 1. The fourth-order valence-corrected chi connectivity index (χ4v) is 4.49. The lowest BCUT2D eigenvalue weighted by atomic mass is 9.94. The number of hydrogen-bond donors (Lipinski definition) is 2. The van der Waals surface area contributed by atoms with Crippen molar-refractivity contribution in [3.63, 3.8) is 0 Å². The summed E-state index contributed by atoms with van der Waals surface area (Å²) in [5, 5.41) is 7.54. The van der Waals surface area contributed by atoms with Crippen molar-refractivity contribution in [2.45, 2.75) is 31.8 Å². The number of hydrogen-bond acceptors (Lipinski definition) is 3. The van der Waals surface area contributed by atoms with E-state index in [4.69, 9.17) is 0 Å². The lowest BCUT2D eigenvalue weighted by Crippen LogP contribution is -2.43. The van der Waals surface area contributed by atoms with Crippen molar-refractivity contribution < 1.29 is 4.79 Å². The molecule has 22 heavy (non-hydrogen) atoms. The predicted octanol–water partition coefficient (Wildman–Crippen LogP) is 3.82. The molecule has 1 atom stereocenters. The van der Waals surface area contributed by atoms with Gasteiger partial charge in [0.15, 0.2) is 0 Å². The number of rotatable bonds is 2. The van der Waals surface area contributed by atoms with Crippen LogP contribution >= 0.6 is 11.3 Å². The maximum absolute atomic E-state index is 12.5. The largest absolute Gasteiger partial charge is 0.353 e. The highest BCUT2D eigenvalue weighted by Crippen LogP contribution is 2.39. The molecule has 1 amide bonds. The first-order valence-electron chi connectivity index (χ1n) is 7.76. The molecular formula is C18H18N2OS. The molecule has 0 bridgehead atoms. The third kappa shape index (κ3) is 2.44. The van der Waals surface area contributed by atoms with Crippen LogP contribution in [0.4, 0.5) is 5.00 Å². The van der Waals surface area contributed by atoms with E-state index in [0.717, 1.165) is 29.0 Å². The minimum Gasteiger partial charge on any atom is -0.353 e. The minimum absolute atomic E-state index is 0.0656. The van der Waals surface area contributed by atoms with Gasteiger partial charge in [-0.25, -0.2) is 0 Å². The van der Waals surface area contributed by atoms with Crippen molar-refractivity contribution in [1.82, 2.24) is 5.32 Å². The van der Waals surface area contributed by atoms with E-state index in [-0.39, 0.29) is 12.1 Å². The van der Waals surface area contributed by atoms with Gasteiger partial charge in [0.05, 0.1) is 5.56 Å². The number of anilines is 1. The SMILES string of the molecule is O=C1N[C@H](/C=C/c2ccccc2)Nc2sc3c(c21)CCCC3. The van der Waals surface area contributed by atoms with Gasteiger partial charge >= 0.3 is 0 Å². The summed E-state index contributed by atoms with van der Waals surface area (Å²) in [6, 6.07) is 10.1. The van der Waals surface area contributed by atoms with Gasteiger partial charge in [-0.3, -0.25) is 4.79 Å². The molecule has 2 aliphatic rings. The van der Waals surface area contributed by atoms with E-state index in [2.05, 4.69) is 22.8 Å². The Labute approximate surface area is 134 Å². The van der Waals surface area contributed by atoms with E-state index in [1.54, 1.807) is 11.3 Å². The molecule has 0 radical (unpaired) electrons. The van der Waals surface area contributed by atoms with Crippen molar-refractivity contribution in [3.05, 3.63) is 58.0 Å². The molecule has 1 aromatic heterocycles. The molecular weight excluding hydrogens is 292 g/mol. The Kier molecular flexibility index (Phi) is 3.47. The summed E-state index contributed by atoms with van der Waals surface area (Å²) < 4.78 is 0. The molecule has 2 heterocycles. The second-order valence-corrected chi connectivity index (χ2v) is 6.89. The molecule has 0 unspecified atom stereocenters. The Morgan fingerprint density at radius 1 is 1.09 bits per heavy atom. The number of benzene rings is 1. The molecule has 112 valence electrons. The molecule has 0 fully saturated rings. The monoisotopic (exact) mass is 310 g/mol. The summed E-state index contributed by atoms with van der Waals surface area (Å²) in [7, 11) is 0. The van der Waals surface area contributed by atoms with Crippen molar-refractivity contribution in [3.8, 4) is 0 Å². The molecule has 1 aromatic carbocycles. The summed E-state index contributed by atoms with van der Waals surface area (Å²) >= 11 is 1.76. The Balaban J connectivity index is 1.58. The Morgan fingerprint density at radius 2 is 1.91 bits per heavy atom. The zero-order chi connectivity index (χ0) is 14.9. The van der Waals surface area contributed by atoms with Crippen LogP contribution in [-0.2, 0) is 12.8 Å². The topological polar surface area (TPSA) is 41.1 Å². The van der Waals surface area contributed by atoms with Crippen molar-refractivity contribution in [1.29, 1.82) is 0 Å². The van der Waals surface area contributed by atoms with E-state index in [9.17, 15) is 4.79 Å². The van der Waals surface area contributed by atoms with Crippen LogP contribution in [0.1, 0.15) is 39.2 Å². The predicted molar refractivity (Wildman–Crippen MR) is 91.3 cm³/mol. The fraction of sp³-hybridized carbons (Fsp3) is 0.278. The average molecular weight is 310 g/mol. The first kappa shape index (κ1) is 13.6. The summed E-state index contributed by atoms with van der Waals surface area (Å²) in [5.41, 5.74) is 3.31. The molecule has 1 aliphatic heterocycles. The minimum atomic E-state index is -0.139. The standard InChI is InChI=1S/C18H18N2OS/c21-17-16-13-8-4-5-9-14(13)22-18(16)20-15(19-17)11-10-12-6-2-1-3-7-12/h1-3,6-7,10-11,15,20H,4-5,8-9H2,(H,19,21)/b11-10+/t15-/m0/s1. The molecule has 0 saturated heterocycles. The average Bonchev–Trinajstić information content (AvgIpc) is 2.92. The summed E-state index contributed by atoms with van der Waals surface area (Å²) in [6.07, 6.45) is 8.50. The number of aryl methyl sites for hydroxylation is 1. The zero-order valence-corrected chi connectivity index (χ0v) is 13.1. The fourth-order valence-electron chi connectivity index (χ4n) is 3.17. The van der Waals surface area contributed by atoms with Crippen LogP contribution in [0.3, 0.4) is 0 Å². The van der Waals surface area contributed by atoms with E-state index in [0.29, 0.717) is 0 Å². The quantitative estimate of drug-likeness (QED) is 0.885. The second-order valence-electron chi connectivity index (χ2n) is 5.78. The molecule has 2 aromatic rings. The van der Waals surface area contributed by atoms with E-state index in [1.165, 1.54) is 23.3 Å². The molecule has 4 rings (SSSR count). The number of amides is 1. The second kappa shape index (κ2) is 5.61. The van der Waals surface area contributed by atoms with Crippen LogP contribution in [0.25, 0.3) is 6.08 Å².